The third-order valence-corrected chi connectivity index (χ3v) is 3.65. The van der Waals surface area contributed by atoms with E-state index in [-0.39, 0.29) is 5.54 Å². The van der Waals surface area contributed by atoms with E-state index in [0.717, 1.165) is 5.92 Å². The molecule has 0 heterocycles. The lowest BCUT2D eigenvalue weighted by atomic mass is 9.70. The fraction of sp³-hybridized carbons (Fsp3) is 1.00. The second kappa shape index (κ2) is 3.78. The van der Waals surface area contributed by atoms with Gasteiger partial charge >= 0.3 is 0 Å². The smallest absolute Gasteiger partial charge is 0.0180 e. The molecule has 2 atom stereocenters. The van der Waals surface area contributed by atoms with Gasteiger partial charge in [0, 0.05) is 5.54 Å². The highest BCUT2D eigenvalue weighted by molar-refractivity contribution is 4.92. The first kappa shape index (κ1) is 10.0. The van der Waals surface area contributed by atoms with Crippen molar-refractivity contribution in [2.24, 2.45) is 17.6 Å². The summed E-state index contributed by atoms with van der Waals surface area (Å²) in [4.78, 5) is 0. The molecule has 1 rings (SSSR count). The normalized spacial score (nSPS) is 37.2. The number of hydrogen-bond acceptors (Lipinski definition) is 1. The van der Waals surface area contributed by atoms with Gasteiger partial charge < -0.3 is 5.73 Å². The monoisotopic (exact) mass is 169 g/mol. The van der Waals surface area contributed by atoms with Crippen molar-refractivity contribution in [1.82, 2.24) is 0 Å². The van der Waals surface area contributed by atoms with Crippen molar-refractivity contribution >= 4 is 0 Å². The average molecular weight is 169 g/mol. The third kappa shape index (κ3) is 2.01. The maximum Gasteiger partial charge on any atom is 0.0180 e. The zero-order valence-corrected chi connectivity index (χ0v) is 8.77. The summed E-state index contributed by atoms with van der Waals surface area (Å²) in [6, 6.07) is 0. The minimum absolute atomic E-state index is 0.152. The standard InChI is InChI=1S/C11H23N/c1-4-10-6-5-7-11(12,8-10)9(2)3/h9-10H,4-8,12H2,1-3H3. The van der Waals surface area contributed by atoms with Gasteiger partial charge in [-0.05, 0) is 24.7 Å². The Bertz CT molecular complexity index is 142. The molecular formula is C11H23N. The van der Waals surface area contributed by atoms with Crippen LogP contribution >= 0.6 is 0 Å². The Morgan fingerprint density at radius 3 is 2.67 bits per heavy atom. The third-order valence-electron chi connectivity index (χ3n) is 3.65. The van der Waals surface area contributed by atoms with E-state index in [9.17, 15) is 0 Å². The van der Waals surface area contributed by atoms with Crippen LogP contribution in [0.3, 0.4) is 0 Å². The molecule has 0 spiro atoms. The first-order valence-corrected chi connectivity index (χ1v) is 5.37. The Hall–Kier alpha value is -0.0400. The van der Waals surface area contributed by atoms with Crippen LogP contribution in [0, 0.1) is 11.8 Å². The van der Waals surface area contributed by atoms with E-state index in [4.69, 9.17) is 5.73 Å². The molecule has 0 aromatic carbocycles. The molecule has 0 aromatic heterocycles. The van der Waals surface area contributed by atoms with E-state index in [2.05, 4.69) is 20.8 Å². The van der Waals surface area contributed by atoms with Gasteiger partial charge in [0.2, 0.25) is 0 Å². The van der Waals surface area contributed by atoms with Crippen LogP contribution in [0.15, 0.2) is 0 Å². The zero-order valence-electron chi connectivity index (χ0n) is 8.77. The van der Waals surface area contributed by atoms with Gasteiger partial charge in [0.15, 0.2) is 0 Å². The molecule has 0 aromatic rings. The highest BCUT2D eigenvalue weighted by Gasteiger charge is 2.34. The van der Waals surface area contributed by atoms with E-state index in [1.165, 1.54) is 32.1 Å². The molecule has 2 N–H and O–H groups in total. The van der Waals surface area contributed by atoms with Crippen LogP contribution in [0.5, 0.6) is 0 Å². The Morgan fingerprint density at radius 1 is 1.50 bits per heavy atom. The van der Waals surface area contributed by atoms with Crippen molar-refractivity contribution in [3.05, 3.63) is 0 Å². The Morgan fingerprint density at radius 2 is 2.17 bits per heavy atom. The molecular weight excluding hydrogens is 146 g/mol. The topological polar surface area (TPSA) is 26.0 Å². The SMILES string of the molecule is CCC1CCCC(N)(C(C)C)C1. The minimum atomic E-state index is 0.152. The van der Waals surface area contributed by atoms with E-state index in [0.29, 0.717) is 5.92 Å². The molecule has 0 saturated heterocycles. The van der Waals surface area contributed by atoms with Gasteiger partial charge in [-0.3, -0.25) is 0 Å². The predicted octanol–water partition coefficient (Wildman–Crippen LogP) is 2.94. The van der Waals surface area contributed by atoms with Gasteiger partial charge in [-0.2, -0.15) is 0 Å². The van der Waals surface area contributed by atoms with Crippen molar-refractivity contribution in [2.45, 2.75) is 58.4 Å². The summed E-state index contributed by atoms with van der Waals surface area (Å²) in [6.45, 7) is 6.81. The summed E-state index contributed by atoms with van der Waals surface area (Å²) >= 11 is 0. The van der Waals surface area contributed by atoms with Crippen LogP contribution in [0.2, 0.25) is 0 Å². The highest BCUT2D eigenvalue weighted by Crippen LogP contribution is 2.36. The van der Waals surface area contributed by atoms with Gasteiger partial charge in [0.1, 0.15) is 0 Å². The van der Waals surface area contributed by atoms with Crippen molar-refractivity contribution in [3.63, 3.8) is 0 Å². The van der Waals surface area contributed by atoms with Gasteiger partial charge in [0.05, 0.1) is 0 Å². The lowest BCUT2D eigenvalue weighted by molar-refractivity contribution is 0.168. The van der Waals surface area contributed by atoms with Gasteiger partial charge in [-0.15, -0.1) is 0 Å². The van der Waals surface area contributed by atoms with Gasteiger partial charge in [0.25, 0.3) is 0 Å². The molecule has 0 bridgehead atoms. The van der Waals surface area contributed by atoms with Gasteiger partial charge in [-0.25, -0.2) is 0 Å². The molecule has 1 saturated carbocycles. The molecule has 1 aliphatic rings. The van der Waals surface area contributed by atoms with Crippen molar-refractivity contribution in [3.8, 4) is 0 Å². The van der Waals surface area contributed by atoms with E-state index >= 15 is 0 Å². The first-order chi connectivity index (χ1) is 5.58. The van der Waals surface area contributed by atoms with Crippen LogP contribution in [-0.2, 0) is 0 Å². The fourth-order valence-corrected chi connectivity index (χ4v) is 2.33. The maximum absolute atomic E-state index is 6.37. The van der Waals surface area contributed by atoms with Crippen molar-refractivity contribution in [2.75, 3.05) is 0 Å². The molecule has 0 aliphatic heterocycles. The van der Waals surface area contributed by atoms with Gasteiger partial charge in [-0.1, -0.05) is 40.0 Å². The molecule has 1 aliphatic carbocycles. The second-order valence-corrected chi connectivity index (χ2v) is 4.76. The van der Waals surface area contributed by atoms with Crippen molar-refractivity contribution < 1.29 is 0 Å². The molecule has 0 amide bonds. The van der Waals surface area contributed by atoms with Crippen LogP contribution in [-0.4, -0.2) is 5.54 Å². The first-order valence-electron chi connectivity index (χ1n) is 5.37. The lowest BCUT2D eigenvalue weighted by Gasteiger charge is -2.41. The van der Waals surface area contributed by atoms with Crippen LogP contribution in [0.1, 0.15) is 52.9 Å². The Kier molecular flexibility index (Phi) is 3.16. The number of nitrogens with two attached hydrogens (primary N) is 1. The zero-order chi connectivity index (χ0) is 9.19. The largest absolute Gasteiger partial charge is 0.325 e. The molecule has 72 valence electrons. The predicted molar refractivity (Wildman–Crippen MR) is 54.0 cm³/mol. The van der Waals surface area contributed by atoms with Crippen LogP contribution in [0.4, 0.5) is 0 Å². The summed E-state index contributed by atoms with van der Waals surface area (Å²) in [5.74, 6) is 1.54. The lowest BCUT2D eigenvalue weighted by Crippen LogP contribution is -2.48. The maximum atomic E-state index is 6.37. The molecule has 12 heavy (non-hydrogen) atoms. The summed E-state index contributed by atoms with van der Waals surface area (Å²) in [6.07, 6.45) is 6.55. The average Bonchev–Trinajstić information content (AvgIpc) is 2.04. The van der Waals surface area contributed by atoms with E-state index < -0.39 is 0 Å². The van der Waals surface area contributed by atoms with E-state index in [1.807, 2.05) is 0 Å². The molecule has 1 heteroatoms. The number of rotatable bonds is 2. The minimum Gasteiger partial charge on any atom is -0.325 e. The highest BCUT2D eigenvalue weighted by atomic mass is 14.8. The fourth-order valence-electron chi connectivity index (χ4n) is 2.33. The molecule has 0 radical (unpaired) electrons. The van der Waals surface area contributed by atoms with E-state index in [1.54, 1.807) is 0 Å². The summed E-state index contributed by atoms with van der Waals surface area (Å²) in [5, 5.41) is 0. The second-order valence-electron chi connectivity index (χ2n) is 4.76. The summed E-state index contributed by atoms with van der Waals surface area (Å²) in [7, 11) is 0. The summed E-state index contributed by atoms with van der Waals surface area (Å²) in [5.41, 5.74) is 6.52. The van der Waals surface area contributed by atoms with Crippen LogP contribution < -0.4 is 5.73 Å². The molecule has 2 unspecified atom stereocenters. The van der Waals surface area contributed by atoms with Crippen molar-refractivity contribution in [1.29, 1.82) is 0 Å². The summed E-state index contributed by atoms with van der Waals surface area (Å²) < 4.78 is 0. The molecule has 1 nitrogen and oxygen atoms in total. The quantitative estimate of drug-likeness (QED) is 0.675. The van der Waals surface area contributed by atoms with Crippen LogP contribution in [0.25, 0.3) is 0 Å². The molecule has 1 fully saturated rings. The number of hydrogen-bond donors (Lipinski definition) is 1. The Balaban J connectivity index is 2.54. The Labute approximate surface area is 76.7 Å².